The van der Waals surface area contributed by atoms with E-state index in [2.05, 4.69) is 15.9 Å². The van der Waals surface area contributed by atoms with Crippen LogP contribution in [0.15, 0.2) is 15.9 Å². The molecule has 1 aliphatic heterocycles. The molecule has 5 heteroatoms. The van der Waals surface area contributed by atoms with Gasteiger partial charge in [0, 0.05) is 6.54 Å². The van der Waals surface area contributed by atoms with Crippen LogP contribution in [-0.2, 0) is 4.74 Å². The predicted octanol–water partition coefficient (Wildman–Crippen LogP) is 2.90. The summed E-state index contributed by atoms with van der Waals surface area (Å²) >= 11 is 4.91. The van der Waals surface area contributed by atoms with Crippen molar-refractivity contribution in [1.29, 1.82) is 0 Å². The van der Waals surface area contributed by atoms with Crippen LogP contribution in [0.25, 0.3) is 0 Å². The topological polar surface area (TPSA) is 29.5 Å². The van der Waals surface area contributed by atoms with Crippen LogP contribution >= 0.6 is 27.3 Å². The van der Waals surface area contributed by atoms with Crippen LogP contribution in [-0.4, -0.2) is 36.1 Å². The molecular weight excluding hydrogens is 302 g/mol. The molecule has 3 nitrogen and oxygen atoms in total. The minimum absolute atomic E-state index is 0.168. The number of fused-ring (bicyclic) bond motifs is 1. The highest BCUT2D eigenvalue weighted by Gasteiger charge is 2.38. The molecule has 1 aromatic heterocycles. The van der Waals surface area contributed by atoms with E-state index in [-0.39, 0.29) is 12.0 Å². The van der Waals surface area contributed by atoms with E-state index in [1.165, 1.54) is 17.8 Å². The van der Waals surface area contributed by atoms with Gasteiger partial charge in [-0.05, 0) is 47.3 Å². The van der Waals surface area contributed by atoms with Crippen LogP contribution in [0.4, 0.5) is 0 Å². The van der Waals surface area contributed by atoms with Crippen molar-refractivity contribution in [3.63, 3.8) is 0 Å². The third-order valence-corrected chi connectivity index (χ3v) is 5.14. The minimum atomic E-state index is 0.168. The molecule has 0 N–H and O–H groups in total. The summed E-state index contributed by atoms with van der Waals surface area (Å²) in [6, 6.07) is 4.14. The monoisotopic (exact) mass is 315 g/mol. The van der Waals surface area contributed by atoms with Gasteiger partial charge < -0.3 is 9.64 Å². The Morgan fingerprint density at radius 2 is 2.35 bits per heavy atom. The fourth-order valence-electron chi connectivity index (χ4n) is 2.75. The molecule has 17 heavy (non-hydrogen) atoms. The summed E-state index contributed by atoms with van der Waals surface area (Å²) < 4.78 is 6.73. The number of carbonyl (C=O) groups excluding carboxylic acids is 1. The minimum Gasteiger partial charge on any atom is -0.374 e. The Hall–Kier alpha value is -0.390. The van der Waals surface area contributed by atoms with Gasteiger partial charge in [-0.25, -0.2) is 0 Å². The number of carbonyl (C=O) groups is 1. The lowest BCUT2D eigenvalue weighted by molar-refractivity contribution is -0.0443. The lowest BCUT2D eigenvalue weighted by atomic mass is 10.1. The fraction of sp³-hybridized carbons (Fsp3) is 0.583. The largest absolute Gasteiger partial charge is 0.374 e. The lowest BCUT2D eigenvalue weighted by Crippen LogP contribution is -2.51. The molecule has 1 saturated heterocycles. The molecule has 0 radical (unpaired) electrons. The molecule has 2 atom stereocenters. The number of rotatable bonds is 1. The number of ether oxygens (including phenoxy) is 1. The van der Waals surface area contributed by atoms with Crippen LogP contribution in [0.1, 0.15) is 28.9 Å². The Bertz CT molecular complexity index is 434. The highest BCUT2D eigenvalue weighted by Crippen LogP contribution is 2.32. The number of hydrogen-bond acceptors (Lipinski definition) is 3. The van der Waals surface area contributed by atoms with Crippen molar-refractivity contribution in [3.8, 4) is 0 Å². The fourth-order valence-corrected chi connectivity index (χ4v) is 4.09. The second kappa shape index (κ2) is 4.71. The highest BCUT2D eigenvalue weighted by molar-refractivity contribution is 9.11. The Morgan fingerprint density at radius 1 is 1.47 bits per heavy atom. The zero-order chi connectivity index (χ0) is 11.8. The average molecular weight is 316 g/mol. The normalized spacial score (nSPS) is 28.2. The van der Waals surface area contributed by atoms with E-state index in [1.54, 1.807) is 0 Å². The number of halogens is 1. The van der Waals surface area contributed by atoms with E-state index in [0.29, 0.717) is 12.6 Å². The van der Waals surface area contributed by atoms with Crippen molar-refractivity contribution < 1.29 is 9.53 Å². The molecule has 1 aliphatic carbocycles. The SMILES string of the molecule is O=C(c1ccc(Br)s1)N1CCO[C@@H]2CCC[C@H]21. The predicted molar refractivity (Wildman–Crippen MR) is 70.4 cm³/mol. The summed E-state index contributed by atoms with van der Waals surface area (Å²) in [7, 11) is 0. The summed E-state index contributed by atoms with van der Waals surface area (Å²) in [5, 5.41) is 0. The summed E-state index contributed by atoms with van der Waals surface area (Å²) in [5.74, 6) is 0.168. The number of morpholine rings is 1. The molecule has 0 aromatic carbocycles. The maximum Gasteiger partial charge on any atom is 0.264 e. The highest BCUT2D eigenvalue weighted by atomic mass is 79.9. The zero-order valence-corrected chi connectivity index (χ0v) is 11.8. The van der Waals surface area contributed by atoms with E-state index < -0.39 is 0 Å². The summed E-state index contributed by atoms with van der Waals surface area (Å²) in [6.45, 7) is 1.41. The van der Waals surface area contributed by atoms with Crippen LogP contribution in [0.2, 0.25) is 0 Å². The molecule has 2 aliphatic rings. The van der Waals surface area contributed by atoms with E-state index in [0.717, 1.165) is 28.0 Å². The third kappa shape index (κ3) is 2.16. The van der Waals surface area contributed by atoms with E-state index in [1.807, 2.05) is 17.0 Å². The van der Waals surface area contributed by atoms with Gasteiger partial charge in [-0.1, -0.05) is 0 Å². The maximum absolute atomic E-state index is 12.4. The molecule has 0 spiro atoms. The first kappa shape index (κ1) is 11.7. The molecule has 0 unspecified atom stereocenters. The number of thiophene rings is 1. The van der Waals surface area contributed by atoms with Gasteiger partial charge in [0.2, 0.25) is 0 Å². The Morgan fingerprint density at radius 3 is 3.12 bits per heavy atom. The second-order valence-electron chi connectivity index (χ2n) is 4.51. The smallest absolute Gasteiger partial charge is 0.264 e. The Labute approximate surface area is 113 Å². The first-order valence-electron chi connectivity index (χ1n) is 5.93. The van der Waals surface area contributed by atoms with Crippen molar-refractivity contribution in [3.05, 3.63) is 20.8 Å². The molecule has 1 aromatic rings. The van der Waals surface area contributed by atoms with Crippen LogP contribution in [0.5, 0.6) is 0 Å². The average Bonchev–Trinajstić information content (AvgIpc) is 2.95. The summed E-state index contributed by atoms with van der Waals surface area (Å²) in [5.41, 5.74) is 0. The molecule has 1 amide bonds. The molecule has 3 rings (SSSR count). The lowest BCUT2D eigenvalue weighted by Gasteiger charge is -2.37. The van der Waals surface area contributed by atoms with Gasteiger partial charge in [0.1, 0.15) is 0 Å². The molecule has 0 bridgehead atoms. The van der Waals surface area contributed by atoms with Crippen molar-refractivity contribution in [2.24, 2.45) is 0 Å². The van der Waals surface area contributed by atoms with Crippen LogP contribution in [0.3, 0.4) is 0 Å². The van der Waals surface area contributed by atoms with Gasteiger partial charge in [0.25, 0.3) is 5.91 Å². The molecule has 1 saturated carbocycles. The maximum atomic E-state index is 12.4. The van der Waals surface area contributed by atoms with Gasteiger partial charge in [-0.2, -0.15) is 0 Å². The quantitative estimate of drug-likeness (QED) is 0.797. The number of nitrogens with zero attached hydrogens (tertiary/aromatic N) is 1. The molecular formula is C12H14BrNO2S. The van der Waals surface area contributed by atoms with E-state index >= 15 is 0 Å². The third-order valence-electron chi connectivity index (χ3n) is 3.53. The number of amides is 1. The van der Waals surface area contributed by atoms with Crippen LogP contribution in [0, 0.1) is 0 Å². The van der Waals surface area contributed by atoms with Gasteiger partial charge in [0.15, 0.2) is 0 Å². The molecule has 2 heterocycles. The standard InChI is InChI=1S/C12H14BrNO2S/c13-11-5-4-10(17-11)12(15)14-6-7-16-9-3-1-2-8(9)14/h4-5,8-9H,1-3,6-7H2/t8-,9-/m1/s1. The van der Waals surface area contributed by atoms with Gasteiger partial charge in [0.05, 0.1) is 27.4 Å². The van der Waals surface area contributed by atoms with Crippen molar-refractivity contribution in [1.82, 2.24) is 4.90 Å². The first-order chi connectivity index (χ1) is 8.25. The van der Waals surface area contributed by atoms with Crippen LogP contribution < -0.4 is 0 Å². The van der Waals surface area contributed by atoms with E-state index in [4.69, 9.17) is 4.74 Å². The molecule has 92 valence electrons. The zero-order valence-electron chi connectivity index (χ0n) is 9.39. The Balaban J connectivity index is 1.81. The Kier molecular flexibility index (Phi) is 3.23. The van der Waals surface area contributed by atoms with Crippen molar-refractivity contribution >= 4 is 33.2 Å². The molecule has 2 fully saturated rings. The number of hydrogen-bond donors (Lipinski definition) is 0. The van der Waals surface area contributed by atoms with Gasteiger partial charge >= 0.3 is 0 Å². The van der Waals surface area contributed by atoms with Crippen molar-refractivity contribution in [2.75, 3.05) is 13.2 Å². The van der Waals surface area contributed by atoms with Gasteiger partial charge in [-0.15, -0.1) is 11.3 Å². The van der Waals surface area contributed by atoms with E-state index in [9.17, 15) is 4.79 Å². The first-order valence-corrected chi connectivity index (χ1v) is 7.54. The summed E-state index contributed by atoms with van der Waals surface area (Å²) in [4.78, 5) is 15.3. The van der Waals surface area contributed by atoms with Crippen molar-refractivity contribution in [2.45, 2.75) is 31.4 Å². The second-order valence-corrected chi connectivity index (χ2v) is 6.97. The summed E-state index contributed by atoms with van der Waals surface area (Å²) in [6.07, 6.45) is 3.63. The van der Waals surface area contributed by atoms with Gasteiger partial charge in [-0.3, -0.25) is 4.79 Å².